The molecule has 0 unspecified atom stereocenters. The molecule has 25 heavy (non-hydrogen) atoms. The standard InChI is InChI=1S/C21H23N3O/c1-23(16-18-6-3-2-4-7-18)20-9-5-8-19(14-20)21(25)24-12-10-17(15-22)11-13-24/h2-9,14,17H,10-13,16H2,1H3. The van der Waals surface area contributed by atoms with E-state index in [2.05, 4.69) is 23.1 Å². The Bertz CT molecular complexity index is 758. The van der Waals surface area contributed by atoms with E-state index >= 15 is 0 Å². The third-order valence-corrected chi connectivity index (χ3v) is 4.76. The van der Waals surface area contributed by atoms with Crippen molar-refractivity contribution in [3.05, 3.63) is 65.7 Å². The number of piperidine rings is 1. The first-order valence-electron chi connectivity index (χ1n) is 8.71. The zero-order valence-corrected chi connectivity index (χ0v) is 14.6. The highest BCUT2D eigenvalue weighted by atomic mass is 16.2. The summed E-state index contributed by atoms with van der Waals surface area (Å²) in [6.07, 6.45) is 1.55. The second-order valence-corrected chi connectivity index (χ2v) is 6.59. The summed E-state index contributed by atoms with van der Waals surface area (Å²) in [6.45, 7) is 2.13. The Hall–Kier alpha value is -2.80. The number of hydrogen-bond donors (Lipinski definition) is 0. The quantitative estimate of drug-likeness (QED) is 0.857. The molecule has 1 saturated heterocycles. The van der Waals surface area contributed by atoms with Gasteiger partial charge < -0.3 is 9.80 Å². The SMILES string of the molecule is CN(Cc1ccccc1)c1cccc(C(=O)N2CCC(C#N)CC2)c1. The zero-order valence-electron chi connectivity index (χ0n) is 14.6. The molecule has 4 nitrogen and oxygen atoms in total. The van der Waals surface area contributed by atoms with E-state index in [1.807, 2.05) is 54.4 Å². The second kappa shape index (κ2) is 7.85. The molecule has 1 aliphatic rings. The summed E-state index contributed by atoms with van der Waals surface area (Å²) in [5, 5.41) is 8.99. The Morgan fingerprint density at radius 2 is 1.88 bits per heavy atom. The van der Waals surface area contributed by atoms with Crippen LogP contribution in [0.3, 0.4) is 0 Å². The van der Waals surface area contributed by atoms with Crippen LogP contribution in [0.4, 0.5) is 5.69 Å². The van der Waals surface area contributed by atoms with Gasteiger partial charge in [0.15, 0.2) is 0 Å². The highest BCUT2D eigenvalue weighted by Gasteiger charge is 2.23. The molecule has 0 saturated carbocycles. The molecule has 2 aromatic carbocycles. The minimum Gasteiger partial charge on any atom is -0.370 e. The lowest BCUT2D eigenvalue weighted by Gasteiger charge is -2.29. The predicted octanol–water partition coefficient (Wildman–Crippen LogP) is 3.70. The largest absolute Gasteiger partial charge is 0.370 e. The van der Waals surface area contributed by atoms with Crippen LogP contribution in [-0.4, -0.2) is 30.9 Å². The first kappa shape index (κ1) is 17.0. The van der Waals surface area contributed by atoms with Crippen LogP contribution < -0.4 is 4.90 Å². The van der Waals surface area contributed by atoms with Crippen LogP contribution in [0.1, 0.15) is 28.8 Å². The van der Waals surface area contributed by atoms with E-state index in [0.717, 1.165) is 25.1 Å². The van der Waals surface area contributed by atoms with Gasteiger partial charge in [0.05, 0.1) is 6.07 Å². The van der Waals surface area contributed by atoms with Crippen molar-refractivity contribution in [2.24, 2.45) is 5.92 Å². The van der Waals surface area contributed by atoms with Crippen molar-refractivity contribution >= 4 is 11.6 Å². The monoisotopic (exact) mass is 333 g/mol. The summed E-state index contributed by atoms with van der Waals surface area (Å²) in [7, 11) is 2.04. The Morgan fingerprint density at radius 3 is 2.56 bits per heavy atom. The number of likely N-dealkylation sites (tertiary alicyclic amines) is 1. The Balaban J connectivity index is 1.69. The molecule has 1 fully saturated rings. The van der Waals surface area contributed by atoms with Gasteiger partial charge in [0.1, 0.15) is 0 Å². The first-order chi connectivity index (χ1) is 12.2. The lowest BCUT2D eigenvalue weighted by Crippen LogP contribution is -2.38. The molecule has 0 aromatic heterocycles. The number of nitriles is 1. The highest BCUT2D eigenvalue weighted by Crippen LogP contribution is 2.21. The van der Waals surface area contributed by atoms with Crippen molar-refractivity contribution in [3.8, 4) is 6.07 Å². The van der Waals surface area contributed by atoms with Gasteiger partial charge in [-0.05, 0) is 36.6 Å². The highest BCUT2D eigenvalue weighted by molar-refractivity contribution is 5.95. The maximum Gasteiger partial charge on any atom is 0.253 e. The lowest BCUT2D eigenvalue weighted by molar-refractivity contribution is 0.0707. The molecule has 0 radical (unpaired) electrons. The summed E-state index contributed by atoms with van der Waals surface area (Å²) in [5.41, 5.74) is 2.98. The molecule has 0 N–H and O–H groups in total. The van der Waals surface area contributed by atoms with Crippen LogP contribution in [0, 0.1) is 17.2 Å². The van der Waals surface area contributed by atoms with Gasteiger partial charge in [-0.1, -0.05) is 36.4 Å². The van der Waals surface area contributed by atoms with Crippen molar-refractivity contribution in [1.82, 2.24) is 4.90 Å². The first-order valence-corrected chi connectivity index (χ1v) is 8.71. The molecule has 1 amide bonds. The average molecular weight is 333 g/mol. The number of nitrogens with zero attached hydrogens (tertiary/aromatic N) is 3. The van der Waals surface area contributed by atoms with Gasteiger partial charge >= 0.3 is 0 Å². The summed E-state index contributed by atoms with van der Waals surface area (Å²) in [6, 6.07) is 20.4. The maximum atomic E-state index is 12.8. The molecule has 0 bridgehead atoms. The fourth-order valence-electron chi connectivity index (χ4n) is 3.22. The normalized spacial score (nSPS) is 14.8. The van der Waals surface area contributed by atoms with E-state index in [4.69, 9.17) is 5.26 Å². The van der Waals surface area contributed by atoms with E-state index in [0.29, 0.717) is 18.7 Å². The maximum absolute atomic E-state index is 12.8. The van der Waals surface area contributed by atoms with Crippen molar-refractivity contribution in [2.75, 3.05) is 25.0 Å². The molecular formula is C21H23N3O. The fraction of sp³-hybridized carbons (Fsp3) is 0.333. The topological polar surface area (TPSA) is 47.3 Å². The molecule has 128 valence electrons. The van der Waals surface area contributed by atoms with Gasteiger partial charge in [-0.2, -0.15) is 5.26 Å². The van der Waals surface area contributed by atoms with Gasteiger partial charge in [-0.25, -0.2) is 0 Å². The van der Waals surface area contributed by atoms with Crippen LogP contribution in [0.2, 0.25) is 0 Å². The number of anilines is 1. The zero-order chi connectivity index (χ0) is 17.6. The number of benzene rings is 2. The Labute approximate surface area is 149 Å². The Kier molecular flexibility index (Phi) is 5.35. The summed E-state index contributed by atoms with van der Waals surface area (Å²) in [4.78, 5) is 16.8. The van der Waals surface area contributed by atoms with Gasteiger partial charge in [-0.3, -0.25) is 4.79 Å². The van der Waals surface area contributed by atoms with Crippen molar-refractivity contribution < 1.29 is 4.79 Å². The predicted molar refractivity (Wildman–Crippen MR) is 99.2 cm³/mol. The number of rotatable bonds is 4. The number of hydrogen-bond acceptors (Lipinski definition) is 3. The van der Waals surface area contributed by atoms with E-state index in [9.17, 15) is 4.79 Å². The van der Waals surface area contributed by atoms with Gasteiger partial charge in [-0.15, -0.1) is 0 Å². The molecule has 0 atom stereocenters. The van der Waals surface area contributed by atoms with Crippen molar-refractivity contribution in [3.63, 3.8) is 0 Å². The van der Waals surface area contributed by atoms with E-state index in [1.54, 1.807) is 0 Å². The molecular weight excluding hydrogens is 310 g/mol. The van der Waals surface area contributed by atoms with Crippen LogP contribution in [0.25, 0.3) is 0 Å². The van der Waals surface area contributed by atoms with Gasteiger partial charge in [0.2, 0.25) is 0 Å². The molecule has 1 aliphatic heterocycles. The number of carbonyl (C=O) groups is 1. The number of carbonyl (C=O) groups excluding carboxylic acids is 1. The van der Waals surface area contributed by atoms with Crippen molar-refractivity contribution in [2.45, 2.75) is 19.4 Å². The van der Waals surface area contributed by atoms with Crippen LogP contribution >= 0.6 is 0 Å². The lowest BCUT2D eigenvalue weighted by atomic mass is 9.98. The van der Waals surface area contributed by atoms with Crippen molar-refractivity contribution in [1.29, 1.82) is 5.26 Å². The van der Waals surface area contributed by atoms with Gasteiger partial charge in [0, 0.05) is 43.9 Å². The van der Waals surface area contributed by atoms with E-state index < -0.39 is 0 Å². The molecule has 1 heterocycles. The van der Waals surface area contributed by atoms with E-state index in [-0.39, 0.29) is 11.8 Å². The smallest absolute Gasteiger partial charge is 0.253 e. The van der Waals surface area contributed by atoms with E-state index in [1.165, 1.54) is 5.56 Å². The van der Waals surface area contributed by atoms with Crippen LogP contribution in [0.5, 0.6) is 0 Å². The summed E-state index contributed by atoms with van der Waals surface area (Å²) < 4.78 is 0. The summed E-state index contributed by atoms with van der Waals surface area (Å²) in [5.74, 6) is 0.152. The number of amides is 1. The third kappa shape index (κ3) is 4.19. The third-order valence-electron chi connectivity index (χ3n) is 4.76. The van der Waals surface area contributed by atoms with Crippen LogP contribution in [-0.2, 0) is 6.54 Å². The minimum absolute atomic E-state index is 0.0614. The van der Waals surface area contributed by atoms with Crippen LogP contribution in [0.15, 0.2) is 54.6 Å². The minimum atomic E-state index is 0.0614. The van der Waals surface area contributed by atoms with Gasteiger partial charge in [0.25, 0.3) is 5.91 Å². The Morgan fingerprint density at radius 1 is 1.16 bits per heavy atom. The molecule has 2 aromatic rings. The second-order valence-electron chi connectivity index (χ2n) is 6.59. The molecule has 0 spiro atoms. The molecule has 0 aliphatic carbocycles. The average Bonchev–Trinajstić information content (AvgIpc) is 2.68. The summed E-state index contributed by atoms with van der Waals surface area (Å²) >= 11 is 0. The fourth-order valence-corrected chi connectivity index (χ4v) is 3.22. The molecule has 4 heteroatoms. The molecule has 3 rings (SSSR count).